The van der Waals surface area contributed by atoms with Crippen LogP contribution in [0, 0.1) is 17.2 Å². The predicted molar refractivity (Wildman–Crippen MR) is 120 cm³/mol. The van der Waals surface area contributed by atoms with Crippen LogP contribution < -0.4 is 5.32 Å². The van der Waals surface area contributed by atoms with Crippen molar-refractivity contribution >= 4 is 17.8 Å². The summed E-state index contributed by atoms with van der Waals surface area (Å²) in [5, 5.41) is 19.8. The molecule has 1 spiro atoms. The van der Waals surface area contributed by atoms with Gasteiger partial charge in [0.15, 0.2) is 0 Å². The van der Waals surface area contributed by atoms with Crippen LogP contribution in [0.4, 0.5) is 4.79 Å². The Bertz CT molecular complexity index is 1180. The van der Waals surface area contributed by atoms with Crippen LogP contribution in [0.5, 0.6) is 0 Å². The van der Waals surface area contributed by atoms with Crippen molar-refractivity contribution < 1.29 is 14.4 Å². The Hall–Kier alpha value is -3.74. The third-order valence-corrected chi connectivity index (χ3v) is 7.51. The number of fused-ring (bicyclic) bond motifs is 2. The fourth-order valence-electron chi connectivity index (χ4n) is 5.33. The number of carbonyl (C=O) groups excluding carboxylic acids is 3. The highest BCUT2D eigenvalue weighted by Gasteiger charge is 2.55. The van der Waals surface area contributed by atoms with Crippen LogP contribution in [0.1, 0.15) is 49.4 Å². The minimum atomic E-state index is -1.08. The summed E-state index contributed by atoms with van der Waals surface area (Å²) in [6.45, 7) is 1.96. The molecule has 1 saturated carbocycles. The van der Waals surface area contributed by atoms with Gasteiger partial charge in [-0.2, -0.15) is 5.26 Å². The van der Waals surface area contributed by atoms with Gasteiger partial charge in [0.1, 0.15) is 24.3 Å². The van der Waals surface area contributed by atoms with Gasteiger partial charge in [-0.05, 0) is 49.7 Å². The summed E-state index contributed by atoms with van der Waals surface area (Å²) in [4.78, 5) is 42.6. The van der Waals surface area contributed by atoms with Crippen LogP contribution >= 0.6 is 0 Å². The lowest BCUT2D eigenvalue weighted by atomic mass is 9.79. The molecule has 10 nitrogen and oxygen atoms in total. The van der Waals surface area contributed by atoms with Gasteiger partial charge in [0.25, 0.3) is 5.91 Å². The van der Waals surface area contributed by atoms with Crippen molar-refractivity contribution in [1.82, 2.24) is 30.1 Å². The zero-order valence-electron chi connectivity index (χ0n) is 19.1. The predicted octanol–water partition coefficient (Wildman–Crippen LogP) is 1.71. The molecule has 2 aliphatic carbocycles. The lowest BCUT2D eigenvalue weighted by Crippen LogP contribution is -2.49. The van der Waals surface area contributed by atoms with E-state index in [-0.39, 0.29) is 37.5 Å². The van der Waals surface area contributed by atoms with E-state index in [0.717, 1.165) is 35.3 Å². The molecule has 1 aromatic heterocycles. The molecule has 0 radical (unpaired) electrons. The Morgan fingerprint density at radius 1 is 1.35 bits per heavy atom. The fourth-order valence-corrected chi connectivity index (χ4v) is 5.33. The SMILES string of the molecule is C[C@@H](C1CCC1)N(Cc1cn(CC#N)nn1)C(=O)CN1C(=O)N[C@]2(CCc3ccccc32)C1=O. The van der Waals surface area contributed by atoms with E-state index >= 15 is 0 Å². The molecule has 2 aromatic rings. The van der Waals surface area contributed by atoms with Crippen LogP contribution in [-0.4, -0.2) is 55.2 Å². The van der Waals surface area contributed by atoms with Crippen LogP contribution in [0.3, 0.4) is 0 Å². The molecular weight excluding hydrogens is 434 g/mol. The summed E-state index contributed by atoms with van der Waals surface area (Å²) < 4.78 is 1.42. The van der Waals surface area contributed by atoms with Gasteiger partial charge in [0.05, 0.1) is 18.8 Å². The van der Waals surface area contributed by atoms with Crippen LogP contribution in [0.15, 0.2) is 30.5 Å². The number of urea groups is 1. The van der Waals surface area contributed by atoms with Crippen molar-refractivity contribution in [2.75, 3.05) is 6.54 Å². The monoisotopic (exact) mass is 461 g/mol. The fraction of sp³-hybridized carbons (Fsp3) is 0.500. The molecule has 5 rings (SSSR count). The van der Waals surface area contributed by atoms with Crippen LogP contribution in [0.2, 0.25) is 0 Å². The Balaban J connectivity index is 1.36. The molecule has 0 unspecified atom stereocenters. The highest BCUT2D eigenvalue weighted by molar-refractivity contribution is 6.09. The molecule has 176 valence electrons. The first-order valence-electron chi connectivity index (χ1n) is 11.7. The smallest absolute Gasteiger partial charge is 0.325 e. The minimum Gasteiger partial charge on any atom is -0.332 e. The number of hydrogen-bond acceptors (Lipinski definition) is 6. The van der Waals surface area contributed by atoms with Crippen molar-refractivity contribution in [3.8, 4) is 6.07 Å². The van der Waals surface area contributed by atoms with Crippen molar-refractivity contribution in [2.24, 2.45) is 5.92 Å². The Kier molecular flexibility index (Phi) is 5.55. The number of benzene rings is 1. The number of nitrogens with zero attached hydrogens (tertiary/aromatic N) is 6. The molecular formula is C24H27N7O3. The number of nitriles is 1. The third kappa shape index (κ3) is 3.61. The second-order valence-electron chi connectivity index (χ2n) is 9.40. The van der Waals surface area contributed by atoms with Gasteiger partial charge < -0.3 is 10.2 Å². The van der Waals surface area contributed by atoms with E-state index in [1.807, 2.05) is 37.3 Å². The first kappa shape index (κ1) is 22.1. The number of nitrogens with one attached hydrogen (secondary N) is 1. The van der Waals surface area contributed by atoms with Crippen LogP contribution in [-0.2, 0) is 34.6 Å². The van der Waals surface area contributed by atoms with Gasteiger partial charge in [-0.3, -0.25) is 14.5 Å². The lowest BCUT2D eigenvalue weighted by molar-refractivity contribution is -0.142. The highest BCUT2D eigenvalue weighted by atomic mass is 16.2. The summed E-state index contributed by atoms with van der Waals surface area (Å²) in [7, 11) is 0. The standard InChI is InChI=1S/C24H27N7O3/c1-16(17-6-4-7-17)30(14-19-13-29(12-11-25)28-27-19)21(32)15-31-22(33)24(26-23(31)34)10-9-18-5-2-3-8-20(18)24/h2-3,5,8,13,16-17H,4,6-7,9-10,12,14-15H2,1H3,(H,26,34)/t16-,24-/m0/s1. The zero-order valence-corrected chi connectivity index (χ0v) is 19.1. The number of aromatic nitrogens is 3. The second kappa shape index (κ2) is 8.56. The highest BCUT2D eigenvalue weighted by Crippen LogP contribution is 2.41. The van der Waals surface area contributed by atoms with Gasteiger partial charge >= 0.3 is 6.03 Å². The van der Waals surface area contributed by atoms with Crippen molar-refractivity contribution in [3.05, 3.63) is 47.3 Å². The molecule has 0 bridgehead atoms. The minimum absolute atomic E-state index is 0.0655. The lowest BCUT2D eigenvalue weighted by Gasteiger charge is -2.39. The number of hydrogen-bond donors (Lipinski definition) is 1. The van der Waals surface area contributed by atoms with Gasteiger partial charge in [0.2, 0.25) is 5.91 Å². The first-order chi connectivity index (χ1) is 16.4. The average molecular weight is 462 g/mol. The molecule has 1 aliphatic heterocycles. The maximum atomic E-state index is 13.5. The summed E-state index contributed by atoms with van der Waals surface area (Å²) in [5.41, 5.74) is 1.34. The van der Waals surface area contributed by atoms with Gasteiger partial charge in [-0.25, -0.2) is 9.48 Å². The molecule has 34 heavy (non-hydrogen) atoms. The molecule has 1 N–H and O–H groups in total. The van der Waals surface area contributed by atoms with E-state index in [0.29, 0.717) is 24.5 Å². The zero-order chi connectivity index (χ0) is 23.9. The molecule has 10 heteroatoms. The molecule has 1 saturated heterocycles. The van der Waals surface area contributed by atoms with E-state index in [1.54, 1.807) is 11.1 Å². The largest absolute Gasteiger partial charge is 0.332 e. The van der Waals surface area contributed by atoms with Crippen molar-refractivity contribution in [1.29, 1.82) is 5.26 Å². The number of imide groups is 1. The number of rotatable bonds is 7. The van der Waals surface area contributed by atoms with Gasteiger partial charge in [-0.15, -0.1) is 5.10 Å². The van der Waals surface area contributed by atoms with Gasteiger partial charge in [0, 0.05) is 6.04 Å². The molecule has 3 aliphatic rings. The number of carbonyl (C=O) groups is 3. The molecule has 2 heterocycles. The number of amides is 4. The molecule has 4 amide bonds. The summed E-state index contributed by atoms with van der Waals surface area (Å²) in [5.74, 6) is -0.303. The molecule has 2 fully saturated rings. The van der Waals surface area contributed by atoms with E-state index in [9.17, 15) is 14.4 Å². The summed E-state index contributed by atoms with van der Waals surface area (Å²) >= 11 is 0. The normalized spacial score (nSPS) is 22.3. The van der Waals surface area contributed by atoms with E-state index in [4.69, 9.17) is 5.26 Å². The van der Waals surface area contributed by atoms with Crippen LogP contribution in [0.25, 0.3) is 0 Å². The Morgan fingerprint density at radius 2 is 2.15 bits per heavy atom. The van der Waals surface area contributed by atoms with Crippen molar-refractivity contribution in [2.45, 2.75) is 63.7 Å². The Labute approximate surface area is 197 Å². The molecule has 2 atom stereocenters. The average Bonchev–Trinajstić information content (AvgIpc) is 3.45. The second-order valence-corrected chi connectivity index (χ2v) is 9.40. The third-order valence-electron chi connectivity index (χ3n) is 7.51. The molecule has 1 aromatic carbocycles. The van der Waals surface area contributed by atoms with E-state index < -0.39 is 11.6 Å². The van der Waals surface area contributed by atoms with E-state index in [1.165, 1.54) is 4.68 Å². The number of aryl methyl sites for hydroxylation is 1. The topological polar surface area (TPSA) is 124 Å². The quantitative estimate of drug-likeness (QED) is 0.626. The summed E-state index contributed by atoms with van der Waals surface area (Å²) in [6, 6.07) is 9.04. The first-order valence-corrected chi connectivity index (χ1v) is 11.7. The van der Waals surface area contributed by atoms with Crippen molar-refractivity contribution in [3.63, 3.8) is 0 Å². The van der Waals surface area contributed by atoms with E-state index in [2.05, 4.69) is 15.6 Å². The summed E-state index contributed by atoms with van der Waals surface area (Å²) in [6.07, 6.45) is 6.04. The van der Waals surface area contributed by atoms with Gasteiger partial charge in [-0.1, -0.05) is 35.9 Å². The Morgan fingerprint density at radius 3 is 2.88 bits per heavy atom. The maximum Gasteiger partial charge on any atom is 0.325 e. The maximum absolute atomic E-state index is 13.5.